The smallest absolute Gasteiger partial charge is 0.425 e. The van der Waals surface area contributed by atoms with Crippen molar-refractivity contribution in [3.8, 4) is 0 Å². The van der Waals surface area contributed by atoms with Crippen LogP contribution < -0.4 is 16.2 Å². The van der Waals surface area contributed by atoms with Crippen molar-refractivity contribution in [2.75, 3.05) is 7.11 Å². The standard InChI is InChI=1S/C11H12IN3O3S/c1-6-3-4-7(5-8(6)12)9(16)13-10(19)14-15-11(17)18-2/h3-5H,1-2H3,(H,15,17)(H2,13,14,16,19). The molecule has 0 heterocycles. The lowest BCUT2D eigenvalue weighted by Crippen LogP contribution is -2.48. The lowest BCUT2D eigenvalue weighted by molar-refractivity contribution is 0.0975. The fourth-order valence-corrected chi connectivity index (χ4v) is 1.76. The predicted octanol–water partition coefficient (Wildman–Crippen LogP) is 1.47. The van der Waals surface area contributed by atoms with Crippen molar-refractivity contribution >= 4 is 51.9 Å². The zero-order valence-corrected chi connectivity index (χ0v) is 13.2. The second-order valence-corrected chi connectivity index (χ2v) is 5.06. The highest BCUT2D eigenvalue weighted by atomic mass is 127. The number of hydrogen-bond acceptors (Lipinski definition) is 4. The summed E-state index contributed by atoms with van der Waals surface area (Å²) in [6.45, 7) is 1.95. The van der Waals surface area contributed by atoms with E-state index in [2.05, 4.69) is 43.5 Å². The van der Waals surface area contributed by atoms with Crippen LogP contribution in [0.15, 0.2) is 18.2 Å². The first kappa shape index (κ1) is 15.6. The van der Waals surface area contributed by atoms with E-state index in [1.165, 1.54) is 7.11 Å². The van der Waals surface area contributed by atoms with E-state index in [0.29, 0.717) is 5.56 Å². The third-order valence-corrected chi connectivity index (χ3v) is 3.49. The van der Waals surface area contributed by atoms with Crippen LogP contribution in [-0.4, -0.2) is 24.2 Å². The summed E-state index contributed by atoms with van der Waals surface area (Å²) in [4.78, 5) is 22.6. The maximum atomic E-state index is 11.8. The Morgan fingerprint density at radius 2 is 2.00 bits per heavy atom. The van der Waals surface area contributed by atoms with Gasteiger partial charge in [0.2, 0.25) is 0 Å². The molecule has 2 amide bonds. The summed E-state index contributed by atoms with van der Waals surface area (Å²) in [5.74, 6) is -0.359. The summed E-state index contributed by atoms with van der Waals surface area (Å²) in [6.07, 6.45) is -0.707. The Morgan fingerprint density at radius 3 is 2.58 bits per heavy atom. The van der Waals surface area contributed by atoms with E-state index in [1.807, 2.05) is 13.0 Å². The number of aryl methyl sites for hydroxylation is 1. The van der Waals surface area contributed by atoms with E-state index in [4.69, 9.17) is 12.2 Å². The molecule has 19 heavy (non-hydrogen) atoms. The number of hydrogen-bond donors (Lipinski definition) is 3. The molecule has 8 heteroatoms. The molecule has 0 aliphatic carbocycles. The fourth-order valence-electron chi connectivity index (χ4n) is 1.10. The first-order chi connectivity index (χ1) is 8.93. The third kappa shape index (κ3) is 4.99. The maximum absolute atomic E-state index is 11.8. The summed E-state index contributed by atoms with van der Waals surface area (Å²) in [7, 11) is 1.22. The molecule has 0 radical (unpaired) electrons. The van der Waals surface area contributed by atoms with Gasteiger partial charge < -0.3 is 4.74 Å². The molecule has 0 unspecified atom stereocenters. The van der Waals surface area contributed by atoms with Crippen molar-refractivity contribution in [3.63, 3.8) is 0 Å². The molecule has 0 spiro atoms. The molecule has 1 rings (SSSR count). The monoisotopic (exact) mass is 393 g/mol. The van der Waals surface area contributed by atoms with Gasteiger partial charge in [-0.3, -0.25) is 15.5 Å². The van der Waals surface area contributed by atoms with Crippen molar-refractivity contribution in [2.24, 2.45) is 0 Å². The van der Waals surface area contributed by atoms with Crippen LogP contribution in [0, 0.1) is 10.5 Å². The Kier molecular flexibility index (Phi) is 5.96. The molecule has 6 nitrogen and oxygen atoms in total. The molecule has 3 N–H and O–H groups in total. The molecule has 102 valence electrons. The van der Waals surface area contributed by atoms with Crippen molar-refractivity contribution < 1.29 is 14.3 Å². The first-order valence-corrected chi connectivity index (χ1v) is 6.64. The highest BCUT2D eigenvalue weighted by molar-refractivity contribution is 14.1. The van der Waals surface area contributed by atoms with E-state index in [-0.39, 0.29) is 11.0 Å². The van der Waals surface area contributed by atoms with E-state index >= 15 is 0 Å². The van der Waals surface area contributed by atoms with Crippen LogP contribution in [0.3, 0.4) is 0 Å². The largest absolute Gasteiger partial charge is 0.452 e. The van der Waals surface area contributed by atoms with Gasteiger partial charge in [-0.15, -0.1) is 0 Å². The van der Waals surface area contributed by atoms with E-state index in [0.717, 1.165) is 9.13 Å². The number of carbonyl (C=O) groups excluding carboxylic acids is 2. The van der Waals surface area contributed by atoms with Gasteiger partial charge in [-0.05, 0) is 59.4 Å². The SMILES string of the molecule is COC(=O)NNC(=S)NC(=O)c1ccc(C)c(I)c1. The highest BCUT2D eigenvalue weighted by Crippen LogP contribution is 2.13. The van der Waals surface area contributed by atoms with Gasteiger partial charge in [0.1, 0.15) is 0 Å². The zero-order valence-electron chi connectivity index (χ0n) is 10.2. The molecule has 0 aliphatic heterocycles. The number of amides is 2. The molecule has 0 saturated carbocycles. The van der Waals surface area contributed by atoms with Crippen molar-refractivity contribution in [1.82, 2.24) is 16.2 Å². The minimum absolute atomic E-state index is 0.0222. The minimum atomic E-state index is -0.707. The minimum Gasteiger partial charge on any atom is -0.452 e. The van der Waals surface area contributed by atoms with Gasteiger partial charge >= 0.3 is 6.09 Å². The lowest BCUT2D eigenvalue weighted by atomic mass is 10.1. The molecule has 1 aromatic carbocycles. The summed E-state index contributed by atoms with van der Waals surface area (Å²) in [5, 5.41) is 2.41. The van der Waals surface area contributed by atoms with Crippen LogP contribution in [0.1, 0.15) is 15.9 Å². The summed E-state index contributed by atoms with van der Waals surface area (Å²) in [6, 6.07) is 5.30. The van der Waals surface area contributed by atoms with Crippen molar-refractivity contribution in [3.05, 3.63) is 32.9 Å². The van der Waals surface area contributed by atoms with Crippen LogP contribution in [0.2, 0.25) is 0 Å². The molecule has 0 atom stereocenters. The number of halogens is 1. The molecule has 0 aromatic heterocycles. The number of rotatable bonds is 1. The fraction of sp³-hybridized carbons (Fsp3) is 0.182. The summed E-state index contributed by atoms with van der Waals surface area (Å²) < 4.78 is 5.32. The van der Waals surface area contributed by atoms with E-state index in [1.54, 1.807) is 12.1 Å². The summed E-state index contributed by atoms with van der Waals surface area (Å²) >= 11 is 6.99. The van der Waals surface area contributed by atoms with E-state index in [9.17, 15) is 9.59 Å². The second-order valence-electron chi connectivity index (χ2n) is 3.49. The number of benzene rings is 1. The lowest BCUT2D eigenvalue weighted by Gasteiger charge is -2.10. The number of ether oxygens (including phenoxy) is 1. The van der Waals surface area contributed by atoms with Gasteiger partial charge in [-0.2, -0.15) is 0 Å². The normalized spacial score (nSPS) is 9.42. The van der Waals surface area contributed by atoms with Crippen LogP contribution in [0.25, 0.3) is 0 Å². The van der Waals surface area contributed by atoms with E-state index < -0.39 is 6.09 Å². The average molecular weight is 393 g/mol. The number of hydrazine groups is 1. The molecule has 0 bridgehead atoms. The van der Waals surface area contributed by atoms with Crippen LogP contribution >= 0.6 is 34.8 Å². The Bertz CT molecular complexity index is 522. The average Bonchev–Trinajstić information content (AvgIpc) is 2.38. The summed E-state index contributed by atoms with van der Waals surface area (Å²) in [5.41, 5.74) is 6.05. The van der Waals surface area contributed by atoms with Gasteiger partial charge in [0.15, 0.2) is 5.11 Å². The van der Waals surface area contributed by atoms with Gasteiger partial charge in [-0.1, -0.05) is 6.07 Å². The van der Waals surface area contributed by atoms with Gasteiger partial charge in [-0.25, -0.2) is 10.2 Å². The maximum Gasteiger partial charge on any atom is 0.425 e. The first-order valence-electron chi connectivity index (χ1n) is 5.15. The molecule has 0 fully saturated rings. The van der Waals surface area contributed by atoms with Gasteiger partial charge in [0, 0.05) is 9.13 Å². The molecular weight excluding hydrogens is 381 g/mol. The van der Waals surface area contributed by atoms with Crippen molar-refractivity contribution in [1.29, 1.82) is 0 Å². The molecular formula is C11H12IN3O3S. The Labute approximate surface area is 129 Å². The Hall–Kier alpha value is -1.42. The number of carbonyl (C=O) groups is 2. The highest BCUT2D eigenvalue weighted by Gasteiger charge is 2.09. The van der Waals surface area contributed by atoms with Gasteiger partial charge in [0.05, 0.1) is 7.11 Å². The van der Waals surface area contributed by atoms with Crippen LogP contribution in [-0.2, 0) is 4.74 Å². The number of thiocarbonyl (C=S) groups is 1. The second kappa shape index (κ2) is 7.24. The van der Waals surface area contributed by atoms with Crippen LogP contribution in [0.4, 0.5) is 4.79 Å². The quantitative estimate of drug-likeness (QED) is 0.383. The molecule has 0 saturated heterocycles. The Balaban J connectivity index is 2.57. The topological polar surface area (TPSA) is 79.5 Å². The number of methoxy groups -OCH3 is 1. The van der Waals surface area contributed by atoms with Crippen LogP contribution in [0.5, 0.6) is 0 Å². The Morgan fingerprint density at radius 1 is 1.32 bits per heavy atom. The van der Waals surface area contributed by atoms with Crippen molar-refractivity contribution in [2.45, 2.75) is 6.92 Å². The zero-order chi connectivity index (χ0) is 14.4. The predicted molar refractivity (Wildman–Crippen MR) is 82.6 cm³/mol. The molecule has 1 aromatic rings. The molecule has 0 aliphatic rings. The van der Waals surface area contributed by atoms with Gasteiger partial charge in [0.25, 0.3) is 5.91 Å². The number of nitrogens with one attached hydrogen (secondary N) is 3. The third-order valence-electron chi connectivity index (χ3n) is 2.12.